The molecule has 1 aromatic rings. The van der Waals surface area contributed by atoms with Crippen molar-refractivity contribution in [1.29, 1.82) is 0 Å². The van der Waals surface area contributed by atoms with Crippen LogP contribution in [-0.2, 0) is 0 Å². The van der Waals surface area contributed by atoms with Crippen molar-refractivity contribution < 1.29 is 0 Å². The maximum atomic E-state index is 4.20. The Kier molecular flexibility index (Phi) is 3.14. The zero-order valence-corrected chi connectivity index (χ0v) is 8.82. The molecule has 1 aliphatic heterocycles. The fourth-order valence-corrected chi connectivity index (χ4v) is 2.33. The summed E-state index contributed by atoms with van der Waals surface area (Å²) in [4.78, 5) is 6.78. The lowest BCUT2D eigenvalue weighted by Gasteiger charge is -2.23. The standard InChI is InChI=1S/C12H18N2/c1-2-8-14-9-4-6-12(14)11-5-3-7-13-10-11/h3,5,7,10,12H,2,4,6,8-9H2,1H3/t12-/m1/s1. The summed E-state index contributed by atoms with van der Waals surface area (Å²) < 4.78 is 0. The summed E-state index contributed by atoms with van der Waals surface area (Å²) in [5.74, 6) is 0. The Labute approximate surface area is 86.0 Å². The summed E-state index contributed by atoms with van der Waals surface area (Å²) in [7, 11) is 0. The van der Waals surface area contributed by atoms with Gasteiger partial charge in [0.25, 0.3) is 0 Å². The minimum absolute atomic E-state index is 0.628. The van der Waals surface area contributed by atoms with E-state index in [4.69, 9.17) is 0 Å². The Bertz CT molecular complexity index is 271. The van der Waals surface area contributed by atoms with Crippen LogP contribution in [0.2, 0.25) is 0 Å². The maximum Gasteiger partial charge on any atom is 0.0363 e. The van der Waals surface area contributed by atoms with Crippen molar-refractivity contribution in [3.63, 3.8) is 0 Å². The average molecular weight is 190 g/mol. The highest BCUT2D eigenvalue weighted by molar-refractivity contribution is 5.15. The van der Waals surface area contributed by atoms with E-state index in [9.17, 15) is 0 Å². The van der Waals surface area contributed by atoms with Gasteiger partial charge in [0.2, 0.25) is 0 Å². The zero-order chi connectivity index (χ0) is 9.80. The highest BCUT2D eigenvalue weighted by atomic mass is 15.2. The van der Waals surface area contributed by atoms with Crippen LogP contribution in [0, 0.1) is 0 Å². The van der Waals surface area contributed by atoms with Gasteiger partial charge in [0, 0.05) is 18.4 Å². The molecule has 0 saturated carbocycles. The van der Waals surface area contributed by atoms with E-state index in [1.165, 1.54) is 37.9 Å². The van der Waals surface area contributed by atoms with Gasteiger partial charge in [0.1, 0.15) is 0 Å². The van der Waals surface area contributed by atoms with Gasteiger partial charge >= 0.3 is 0 Å². The predicted molar refractivity (Wildman–Crippen MR) is 58.1 cm³/mol. The van der Waals surface area contributed by atoms with Crippen LogP contribution in [0.3, 0.4) is 0 Å². The fourth-order valence-electron chi connectivity index (χ4n) is 2.33. The number of hydrogen-bond acceptors (Lipinski definition) is 2. The van der Waals surface area contributed by atoms with Gasteiger partial charge in [-0.1, -0.05) is 13.0 Å². The topological polar surface area (TPSA) is 16.1 Å². The first-order valence-corrected chi connectivity index (χ1v) is 5.56. The van der Waals surface area contributed by atoms with Crippen LogP contribution in [0.1, 0.15) is 37.8 Å². The second-order valence-corrected chi connectivity index (χ2v) is 3.98. The third-order valence-corrected chi connectivity index (χ3v) is 2.94. The largest absolute Gasteiger partial charge is 0.296 e. The van der Waals surface area contributed by atoms with Crippen molar-refractivity contribution in [2.24, 2.45) is 0 Å². The zero-order valence-electron chi connectivity index (χ0n) is 8.82. The monoisotopic (exact) mass is 190 g/mol. The smallest absolute Gasteiger partial charge is 0.0363 e. The van der Waals surface area contributed by atoms with Crippen molar-refractivity contribution in [3.8, 4) is 0 Å². The molecule has 0 amide bonds. The lowest BCUT2D eigenvalue weighted by Crippen LogP contribution is -2.23. The van der Waals surface area contributed by atoms with Crippen molar-refractivity contribution >= 4 is 0 Å². The first kappa shape index (κ1) is 9.66. The minimum Gasteiger partial charge on any atom is -0.296 e. The van der Waals surface area contributed by atoms with Gasteiger partial charge in [-0.2, -0.15) is 0 Å². The second kappa shape index (κ2) is 4.56. The quantitative estimate of drug-likeness (QED) is 0.728. The van der Waals surface area contributed by atoms with Crippen molar-refractivity contribution in [3.05, 3.63) is 30.1 Å². The fraction of sp³-hybridized carbons (Fsp3) is 0.583. The Hall–Kier alpha value is -0.890. The number of aromatic nitrogens is 1. The Morgan fingerprint density at radius 2 is 2.50 bits per heavy atom. The molecular weight excluding hydrogens is 172 g/mol. The molecule has 1 aromatic heterocycles. The van der Waals surface area contributed by atoms with E-state index in [-0.39, 0.29) is 0 Å². The predicted octanol–water partition coefficient (Wildman–Crippen LogP) is 2.63. The van der Waals surface area contributed by atoms with E-state index >= 15 is 0 Å². The molecule has 1 fully saturated rings. The molecule has 0 radical (unpaired) electrons. The van der Waals surface area contributed by atoms with Crippen LogP contribution in [-0.4, -0.2) is 23.0 Å². The molecular formula is C12H18N2. The molecule has 1 atom stereocenters. The van der Waals surface area contributed by atoms with E-state index < -0.39 is 0 Å². The lowest BCUT2D eigenvalue weighted by molar-refractivity contribution is 0.257. The Morgan fingerprint density at radius 3 is 3.21 bits per heavy atom. The number of nitrogens with zero attached hydrogens (tertiary/aromatic N) is 2. The van der Waals surface area contributed by atoms with E-state index in [0.717, 1.165) is 0 Å². The lowest BCUT2D eigenvalue weighted by atomic mass is 10.1. The van der Waals surface area contributed by atoms with Crippen LogP contribution in [0.15, 0.2) is 24.5 Å². The van der Waals surface area contributed by atoms with E-state index in [2.05, 4.69) is 22.9 Å². The number of likely N-dealkylation sites (tertiary alicyclic amines) is 1. The SMILES string of the molecule is CCCN1CCC[C@@H]1c1cccnc1. The number of pyridine rings is 1. The average Bonchev–Trinajstić information content (AvgIpc) is 2.68. The van der Waals surface area contributed by atoms with Crippen LogP contribution in [0.5, 0.6) is 0 Å². The summed E-state index contributed by atoms with van der Waals surface area (Å²) in [5, 5.41) is 0. The van der Waals surface area contributed by atoms with Gasteiger partial charge in [-0.15, -0.1) is 0 Å². The first-order chi connectivity index (χ1) is 6.92. The van der Waals surface area contributed by atoms with Gasteiger partial charge in [-0.25, -0.2) is 0 Å². The summed E-state index contributed by atoms with van der Waals surface area (Å²) in [6.45, 7) is 4.73. The summed E-state index contributed by atoms with van der Waals surface area (Å²) in [6.07, 6.45) is 7.74. The van der Waals surface area contributed by atoms with Gasteiger partial charge in [0.05, 0.1) is 0 Å². The molecule has 76 valence electrons. The number of rotatable bonds is 3. The molecule has 0 unspecified atom stereocenters. The van der Waals surface area contributed by atoms with Gasteiger partial charge in [-0.3, -0.25) is 9.88 Å². The molecule has 2 heteroatoms. The molecule has 2 rings (SSSR count). The first-order valence-electron chi connectivity index (χ1n) is 5.56. The highest BCUT2D eigenvalue weighted by Gasteiger charge is 2.24. The molecule has 0 N–H and O–H groups in total. The molecule has 0 aromatic carbocycles. The van der Waals surface area contributed by atoms with Crippen LogP contribution < -0.4 is 0 Å². The molecule has 0 aliphatic carbocycles. The van der Waals surface area contributed by atoms with Gasteiger partial charge in [-0.05, 0) is 44.0 Å². The van der Waals surface area contributed by atoms with Crippen molar-refractivity contribution in [1.82, 2.24) is 9.88 Å². The highest BCUT2D eigenvalue weighted by Crippen LogP contribution is 2.30. The molecule has 1 saturated heterocycles. The van der Waals surface area contributed by atoms with E-state index in [0.29, 0.717) is 6.04 Å². The summed E-state index contributed by atoms with van der Waals surface area (Å²) in [5.41, 5.74) is 1.39. The third kappa shape index (κ3) is 1.95. The molecule has 2 heterocycles. The third-order valence-electron chi connectivity index (χ3n) is 2.94. The minimum atomic E-state index is 0.628. The molecule has 14 heavy (non-hydrogen) atoms. The van der Waals surface area contributed by atoms with Crippen LogP contribution >= 0.6 is 0 Å². The molecule has 0 bridgehead atoms. The van der Waals surface area contributed by atoms with Crippen molar-refractivity contribution in [2.75, 3.05) is 13.1 Å². The number of hydrogen-bond donors (Lipinski definition) is 0. The summed E-state index contributed by atoms with van der Waals surface area (Å²) in [6, 6.07) is 4.87. The molecule has 0 spiro atoms. The summed E-state index contributed by atoms with van der Waals surface area (Å²) >= 11 is 0. The maximum absolute atomic E-state index is 4.20. The van der Waals surface area contributed by atoms with E-state index in [1.54, 1.807) is 0 Å². The van der Waals surface area contributed by atoms with Gasteiger partial charge in [0.15, 0.2) is 0 Å². The molecule has 1 aliphatic rings. The Morgan fingerprint density at radius 1 is 1.57 bits per heavy atom. The van der Waals surface area contributed by atoms with Crippen molar-refractivity contribution in [2.45, 2.75) is 32.2 Å². The van der Waals surface area contributed by atoms with Gasteiger partial charge < -0.3 is 0 Å². The van der Waals surface area contributed by atoms with E-state index in [1.807, 2.05) is 18.5 Å². The normalized spacial score (nSPS) is 22.8. The second-order valence-electron chi connectivity index (χ2n) is 3.98. The van der Waals surface area contributed by atoms with Crippen LogP contribution in [0.4, 0.5) is 0 Å². The van der Waals surface area contributed by atoms with Crippen LogP contribution in [0.25, 0.3) is 0 Å². The Balaban J connectivity index is 2.10. The molecule has 2 nitrogen and oxygen atoms in total.